The van der Waals surface area contributed by atoms with Crippen LogP contribution >= 0.6 is 0 Å². The maximum Gasteiger partial charge on any atom is 0.266 e. The van der Waals surface area contributed by atoms with E-state index < -0.39 is 5.91 Å². The first-order valence-electron chi connectivity index (χ1n) is 8.31. The van der Waals surface area contributed by atoms with Gasteiger partial charge >= 0.3 is 0 Å². The molecule has 3 aromatic rings. The minimum atomic E-state index is -0.420. The third kappa shape index (κ3) is 3.57. The van der Waals surface area contributed by atoms with Crippen molar-refractivity contribution in [2.24, 2.45) is 0 Å². The summed E-state index contributed by atoms with van der Waals surface area (Å²) in [5, 5.41) is 13.2. The molecule has 4 nitrogen and oxygen atoms in total. The van der Waals surface area contributed by atoms with Gasteiger partial charge < -0.3 is 9.88 Å². The molecule has 0 fully saturated rings. The maximum atomic E-state index is 12.5. The molecule has 0 spiro atoms. The maximum absolute atomic E-state index is 12.5. The summed E-state index contributed by atoms with van der Waals surface area (Å²) < 4.78 is 2.04. The summed E-state index contributed by atoms with van der Waals surface area (Å²) in [6.45, 7) is 6.41. The van der Waals surface area contributed by atoms with Crippen molar-refractivity contribution in [3.8, 4) is 6.07 Å². The average molecular weight is 341 g/mol. The van der Waals surface area contributed by atoms with Gasteiger partial charge in [-0.05, 0) is 31.2 Å². The van der Waals surface area contributed by atoms with Crippen LogP contribution in [0.25, 0.3) is 17.0 Å². The normalized spacial score (nSPS) is 11.2. The minimum Gasteiger partial charge on any atom is -0.343 e. The molecule has 3 rings (SSSR count). The second-order valence-corrected chi connectivity index (χ2v) is 6.03. The zero-order chi connectivity index (χ0) is 18.5. The predicted octanol–water partition coefficient (Wildman–Crippen LogP) is 4.68. The molecule has 0 aliphatic rings. The Balaban J connectivity index is 1.95. The van der Waals surface area contributed by atoms with E-state index in [2.05, 4.69) is 11.9 Å². The first kappa shape index (κ1) is 17.2. The molecule has 0 unspecified atom stereocenters. The molecule has 0 aliphatic carbocycles. The monoisotopic (exact) mass is 341 g/mol. The molecule has 1 N–H and O–H groups in total. The van der Waals surface area contributed by atoms with Crippen molar-refractivity contribution in [1.82, 2.24) is 4.57 Å². The standard InChI is InChI=1S/C22H19N3O/c1-3-12-25-15-18(20-6-4-5-7-21(20)25)13-17(14-23)22(26)24-19-10-8-16(2)9-11-19/h3-11,13,15H,1,12H2,2H3,(H,24,26)/b17-13-. The third-order valence-electron chi connectivity index (χ3n) is 4.12. The fraction of sp³-hybridized carbons (Fsp3) is 0.0909. The number of nitriles is 1. The van der Waals surface area contributed by atoms with Crippen LogP contribution in [0.5, 0.6) is 0 Å². The highest BCUT2D eigenvalue weighted by Gasteiger charge is 2.12. The van der Waals surface area contributed by atoms with Crippen LogP contribution in [0.3, 0.4) is 0 Å². The van der Waals surface area contributed by atoms with Crippen LogP contribution in [0.2, 0.25) is 0 Å². The van der Waals surface area contributed by atoms with Gasteiger partial charge in [0, 0.05) is 34.9 Å². The van der Waals surface area contributed by atoms with E-state index in [1.807, 2.05) is 78.4 Å². The zero-order valence-electron chi connectivity index (χ0n) is 14.6. The van der Waals surface area contributed by atoms with Crippen LogP contribution in [-0.4, -0.2) is 10.5 Å². The number of aryl methyl sites for hydroxylation is 1. The number of anilines is 1. The average Bonchev–Trinajstić information content (AvgIpc) is 2.99. The number of hydrogen-bond acceptors (Lipinski definition) is 2. The molecule has 128 valence electrons. The molecule has 26 heavy (non-hydrogen) atoms. The summed E-state index contributed by atoms with van der Waals surface area (Å²) in [5.41, 5.74) is 3.70. The Kier molecular flexibility index (Phi) is 5.00. The van der Waals surface area contributed by atoms with Crippen LogP contribution in [-0.2, 0) is 11.3 Å². The largest absolute Gasteiger partial charge is 0.343 e. The number of aromatic nitrogens is 1. The van der Waals surface area contributed by atoms with E-state index in [0.717, 1.165) is 22.0 Å². The zero-order valence-corrected chi connectivity index (χ0v) is 14.6. The number of allylic oxidation sites excluding steroid dienone is 1. The third-order valence-corrected chi connectivity index (χ3v) is 4.12. The summed E-state index contributed by atoms with van der Waals surface area (Å²) in [5.74, 6) is -0.420. The molecular formula is C22H19N3O. The van der Waals surface area contributed by atoms with E-state index in [9.17, 15) is 10.1 Å². The topological polar surface area (TPSA) is 57.8 Å². The number of rotatable bonds is 5. The number of hydrogen-bond donors (Lipinski definition) is 1. The molecule has 0 aliphatic heterocycles. The van der Waals surface area contributed by atoms with E-state index in [1.165, 1.54) is 0 Å². The first-order valence-corrected chi connectivity index (χ1v) is 8.31. The Morgan fingerprint density at radius 3 is 2.65 bits per heavy atom. The van der Waals surface area contributed by atoms with Crippen LogP contribution in [0, 0.1) is 18.3 Å². The number of amides is 1. The number of para-hydroxylation sites is 1. The van der Waals surface area contributed by atoms with Crippen molar-refractivity contribution in [3.63, 3.8) is 0 Å². The van der Waals surface area contributed by atoms with Crippen LogP contribution in [0.1, 0.15) is 11.1 Å². The van der Waals surface area contributed by atoms with Gasteiger partial charge in [0.05, 0.1) is 0 Å². The highest BCUT2D eigenvalue weighted by Crippen LogP contribution is 2.24. The van der Waals surface area contributed by atoms with Gasteiger partial charge in [0.15, 0.2) is 0 Å². The lowest BCUT2D eigenvalue weighted by Crippen LogP contribution is -2.13. The molecular weight excluding hydrogens is 322 g/mol. The van der Waals surface area contributed by atoms with Gasteiger partial charge in [0.2, 0.25) is 0 Å². The summed E-state index contributed by atoms with van der Waals surface area (Å²) in [6.07, 6.45) is 5.38. The van der Waals surface area contributed by atoms with Gasteiger partial charge in [0.25, 0.3) is 5.91 Å². The second-order valence-electron chi connectivity index (χ2n) is 6.03. The Hall–Kier alpha value is -3.58. The molecule has 4 heteroatoms. The number of fused-ring (bicyclic) bond motifs is 1. The van der Waals surface area contributed by atoms with E-state index >= 15 is 0 Å². The minimum absolute atomic E-state index is 0.0621. The van der Waals surface area contributed by atoms with Crippen LogP contribution in [0.15, 0.2) is 73.0 Å². The van der Waals surface area contributed by atoms with Crippen molar-refractivity contribution in [2.45, 2.75) is 13.5 Å². The lowest BCUT2D eigenvalue weighted by Gasteiger charge is -2.04. The predicted molar refractivity (Wildman–Crippen MR) is 106 cm³/mol. The SMILES string of the molecule is C=CCn1cc(/C=C(/C#N)C(=O)Nc2ccc(C)cc2)c2ccccc21. The van der Waals surface area contributed by atoms with Gasteiger partial charge in [-0.3, -0.25) is 4.79 Å². The summed E-state index contributed by atoms with van der Waals surface area (Å²) in [6, 6.07) is 17.4. The van der Waals surface area contributed by atoms with E-state index in [1.54, 1.807) is 6.08 Å². The molecule has 1 amide bonds. The highest BCUT2D eigenvalue weighted by atomic mass is 16.1. The summed E-state index contributed by atoms with van der Waals surface area (Å²) in [4.78, 5) is 12.5. The molecule has 2 aromatic carbocycles. The number of carbonyl (C=O) groups is 1. The molecule has 0 saturated carbocycles. The first-order chi connectivity index (χ1) is 12.6. The lowest BCUT2D eigenvalue weighted by molar-refractivity contribution is -0.112. The highest BCUT2D eigenvalue weighted by molar-refractivity contribution is 6.10. The van der Waals surface area contributed by atoms with Crippen LogP contribution in [0.4, 0.5) is 5.69 Å². The fourth-order valence-electron chi connectivity index (χ4n) is 2.82. The lowest BCUT2D eigenvalue weighted by atomic mass is 10.1. The van der Waals surface area contributed by atoms with Gasteiger partial charge in [-0.1, -0.05) is 42.0 Å². The van der Waals surface area contributed by atoms with E-state index in [4.69, 9.17) is 0 Å². The fourth-order valence-corrected chi connectivity index (χ4v) is 2.82. The number of carbonyl (C=O) groups excluding carboxylic acids is 1. The molecule has 0 atom stereocenters. The van der Waals surface area contributed by atoms with Gasteiger partial charge in [-0.25, -0.2) is 0 Å². The second kappa shape index (κ2) is 7.54. The van der Waals surface area contributed by atoms with Gasteiger partial charge in [-0.2, -0.15) is 5.26 Å². The number of benzene rings is 2. The van der Waals surface area contributed by atoms with E-state index in [0.29, 0.717) is 12.2 Å². The number of nitrogens with one attached hydrogen (secondary N) is 1. The Labute approximate surface area is 152 Å². The van der Waals surface area contributed by atoms with Crippen molar-refractivity contribution in [2.75, 3.05) is 5.32 Å². The van der Waals surface area contributed by atoms with Crippen molar-refractivity contribution >= 4 is 28.6 Å². The smallest absolute Gasteiger partial charge is 0.266 e. The summed E-state index contributed by atoms with van der Waals surface area (Å²) >= 11 is 0. The van der Waals surface area contributed by atoms with Gasteiger partial charge in [-0.15, -0.1) is 6.58 Å². The summed E-state index contributed by atoms with van der Waals surface area (Å²) in [7, 11) is 0. The number of nitrogens with zero attached hydrogens (tertiary/aromatic N) is 2. The van der Waals surface area contributed by atoms with Crippen LogP contribution < -0.4 is 5.32 Å². The Morgan fingerprint density at radius 1 is 1.23 bits per heavy atom. The molecule has 1 heterocycles. The van der Waals surface area contributed by atoms with E-state index in [-0.39, 0.29) is 5.57 Å². The molecule has 1 aromatic heterocycles. The van der Waals surface area contributed by atoms with Crippen molar-refractivity contribution in [3.05, 3.63) is 84.1 Å². The quantitative estimate of drug-likeness (QED) is 0.416. The van der Waals surface area contributed by atoms with Crippen molar-refractivity contribution in [1.29, 1.82) is 5.26 Å². The molecule has 0 bridgehead atoms. The molecule has 0 saturated heterocycles. The Morgan fingerprint density at radius 2 is 1.96 bits per heavy atom. The van der Waals surface area contributed by atoms with Gasteiger partial charge in [0.1, 0.15) is 11.6 Å². The molecule has 0 radical (unpaired) electrons. The van der Waals surface area contributed by atoms with Crippen molar-refractivity contribution < 1.29 is 4.79 Å². The Bertz CT molecular complexity index is 1030.